The first-order chi connectivity index (χ1) is 15.1. The standard InChI is InChI=1S/2C15H13.2ClH.Zr/c2*1-10-9-15-13(11(10)2)8-7-12-5-3-4-6-14(12)15;;;/h2*3-9H,1-2H3;2*1H;/q;;;;+2/p-2. The van der Waals surface area contributed by atoms with Gasteiger partial charge in [0.15, 0.2) is 0 Å². The van der Waals surface area contributed by atoms with Crippen LogP contribution >= 0.6 is 0 Å². The molecule has 0 amide bonds. The molecule has 0 aromatic heterocycles. The van der Waals surface area contributed by atoms with E-state index in [1.165, 1.54) is 43.8 Å². The number of hydrogen-bond acceptors (Lipinski definition) is 0. The quantitative estimate of drug-likeness (QED) is 0.361. The van der Waals surface area contributed by atoms with Gasteiger partial charge in [-0.15, -0.1) is 0 Å². The van der Waals surface area contributed by atoms with Gasteiger partial charge in [-0.3, -0.25) is 0 Å². The molecule has 4 aromatic rings. The molecule has 33 heavy (non-hydrogen) atoms. The van der Waals surface area contributed by atoms with Crippen molar-refractivity contribution in [2.45, 2.75) is 34.9 Å². The van der Waals surface area contributed by atoms with Crippen LogP contribution in [0.25, 0.3) is 32.7 Å². The Labute approximate surface area is 220 Å². The molecular formula is C30H26Cl2Zr. The van der Waals surface area contributed by atoms with Crippen molar-refractivity contribution in [3.63, 3.8) is 0 Å². The van der Waals surface area contributed by atoms with Gasteiger partial charge < -0.3 is 24.8 Å². The van der Waals surface area contributed by atoms with E-state index in [1.807, 2.05) is 0 Å². The van der Waals surface area contributed by atoms with Gasteiger partial charge in [0, 0.05) is 0 Å². The molecule has 4 aromatic carbocycles. The second-order valence-corrected chi connectivity index (χ2v) is 12.8. The fourth-order valence-electron chi connectivity index (χ4n) is 5.74. The normalized spacial score (nSPS) is 18.7. The van der Waals surface area contributed by atoms with Crippen molar-refractivity contribution in [3.8, 4) is 0 Å². The van der Waals surface area contributed by atoms with Crippen LogP contribution < -0.4 is 24.8 Å². The first-order valence-corrected chi connectivity index (χ1v) is 14.0. The minimum absolute atomic E-state index is 0. The van der Waals surface area contributed by atoms with Gasteiger partial charge >= 0.3 is 197 Å². The maximum atomic E-state index is 2.40. The topological polar surface area (TPSA) is 0 Å². The summed E-state index contributed by atoms with van der Waals surface area (Å²) in [6, 6.07) is 27.4. The van der Waals surface area contributed by atoms with Gasteiger partial charge in [0.05, 0.1) is 0 Å². The summed E-state index contributed by atoms with van der Waals surface area (Å²) in [5, 5.41) is 5.70. The maximum Gasteiger partial charge on any atom is -1.00 e. The minimum atomic E-state index is -0.874. The zero-order valence-corrected chi connectivity index (χ0v) is 23.3. The zero-order valence-electron chi connectivity index (χ0n) is 19.3. The Hall–Kier alpha value is -1.66. The Kier molecular flexibility index (Phi) is 6.81. The smallest absolute Gasteiger partial charge is 1.00 e. The van der Waals surface area contributed by atoms with Crippen LogP contribution in [-0.4, -0.2) is 0 Å². The summed E-state index contributed by atoms with van der Waals surface area (Å²) in [6.07, 6.45) is 0. The second-order valence-electron chi connectivity index (χ2n) is 9.14. The molecule has 2 atom stereocenters. The van der Waals surface area contributed by atoms with Crippen LogP contribution in [0.1, 0.15) is 57.2 Å². The molecule has 0 aliphatic heterocycles. The van der Waals surface area contributed by atoms with Gasteiger partial charge in [-0.25, -0.2) is 0 Å². The summed E-state index contributed by atoms with van der Waals surface area (Å²) in [5.41, 5.74) is 12.5. The molecule has 164 valence electrons. The third-order valence-corrected chi connectivity index (χ3v) is 12.9. The van der Waals surface area contributed by atoms with Crippen LogP contribution in [0.2, 0.25) is 0 Å². The monoisotopic (exact) mass is 546 g/mol. The number of halogens is 2. The molecule has 0 fully saturated rings. The van der Waals surface area contributed by atoms with Crippen LogP contribution in [0.3, 0.4) is 0 Å². The van der Waals surface area contributed by atoms with Crippen molar-refractivity contribution >= 4 is 32.7 Å². The molecule has 0 radical (unpaired) electrons. The fraction of sp³-hybridized carbons (Fsp3) is 0.200. The second kappa shape index (κ2) is 9.18. The number of allylic oxidation sites excluding steroid dienone is 4. The summed E-state index contributed by atoms with van der Waals surface area (Å²) in [7, 11) is 0. The van der Waals surface area contributed by atoms with Crippen molar-refractivity contribution in [3.05, 3.63) is 106 Å². The summed E-state index contributed by atoms with van der Waals surface area (Å²) in [5.74, 6) is 0. The van der Waals surface area contributed by atoms with E-state index in [0.29, 0.717) is 7.25 Å². The van der Waals surface area contributed by atoms with Gasteiger partial charge in [0.2, 0.25) is 0 Å². The molecule has 0 nitrogen and oxygen atoms in total. The van der Waals surface area contributed by atoms with E-state index in [0.717, 1.165) is 0 Å². The summed E-state index contributed by atoms with van der Waals surface area (Å²) in [4.78, 5) is 0. The predicted molar refractivity (Wildman–Crippen MR) is 130 cm³/mol. The number of benzene rings is 4. The number of rotatable bonds is 2. The summed E-state index contributed by atoms with van der Waals surface area (Å²) < 4.78 is 1.28. The average Bonchev–Trinajstić information content (AvgIpc) is 3.20. The molecule has 3 heteroatoms. The van der Waals surface area contributed by atoms with E-state index in [2.05, 4.69) is 100 Å². The third kappa shape index (κ3) is 3.60. The number of fused-ring (bicyclic) bond motifs is 6. The van der Waals surface area contributed by atoms with Gasteiger partial charge in [-0.1, -0.05) is 0 Å². The van der Waals surface area contributed by atoms with Gasteiger partial charge in [0.1, 0.15) is 0 Å². The van der Waals surface area contributed by atoms with Crippen LogP contribution in [0.4, 0.5) is 0 Å². The fourth-order valence-corrected chi connectivity index (χ4v) is 11.2. The first kappa shape index (κ1) is 24.5. The molecule has 0 saturated carbocycles. The van der Waals surface area contributed by atoms with Crippen LogP contribution in [0.5, 0.6) is 0 Å². The Morgan fingerprint density at radius 1 is 0.515 bits per heavy atom. The van der Waals surface area contributed by atoms with E-state index in [9.17, 15) is 0 Å². The molecule has 2 unspecified atom stereocenters. The first-order valence-electron chi connectivity index (χ1n) is 11.2. The Morgan fingerprint density at radius 2 is 0.909 bits per heavy atom. The van der Waals surface area contributed by atoms with E-state index in [1.54, 1.807) is 22.3 Å². The summed E-state index contributed by atoms with van der Waals surface area (Å²) >= 11 is -0.874. The largest absolute Gasteiger partial charge is 1.00 e. The molecule has 0 bridgehead atoms. The minimum Gasteiger partial charge on any atom is -1.00 e. The van der Waals surface area contributed by atoms with E-state index in [-0.39, 0.29) is 24.8 Å². The molecule has 0 saturated heterocycles. The average molecular weight is 549 g/mol. The Morgan fingerprint density at radius 3 is 1.33 bits per heavy atom. The molecule has 0 heterocycles. The Balaban J connectivity index is 0.00000130. The molecule has 2 aliphatic rings. The molecular weight excluding hydrogens is 522 g/mol. The van der Waals surface area contributed by atoms with Crippen molar-refractivity contribution in [2.24, 2.45) is 0 Å². The van der Waals surface area contributed by atoms with Crippen molar-refractivity contribution in [1.82, 2.24) is 0 Å². The molecule has 0 spiro atoms. The van der Waals surface area contributed by atoms with Crippen LogP contribution in [0.15, 0.2) is 83.9 Å². The summed E-state index contributed by atoms with van der Waals surface area (Å²) in [6.45, 7) is 9.49. The van der Waals surface area contributed by atoms with E-state index in [4.69, 9.17) is 0 Å². The maximum absolute atomic E-state index is 2.40. The van der Waals surface area contributed by atoms with Crippen LogP contribution in [0, 0.1) is 0 Å². The van der Waals surface area contributed by atoms with Gasteiger partial charge in [-0.05, 0) is 0 Å². The molecule has 0 N–H and O–H groups in total. The third-order valence-electron chi connectivity index (χ3n) is 7.71. The van der Waals surface area contributed by atoms with Crippen LogP contribution in [-0.2, 0) is 23.2 Å². The number of hydrogen-bond donors (Lipinski definition) is 0. The predicted octanol–water partition coefficient (Wildman–Crippen LogP) is 2.48. The SMILES string of the molecule is CC1=C(C)[CH]([Zr+2][CH]2C(C)=C(C)c3ccc4ccccc4c32)c2c1ccc1ccccc21.[Cl-].[Cl-]. The Bertz CT molecular complexity index is 1350. The van der Waals surface area contributed by atoms with Gasteiger partial charge in [0.25, 0.3) is 0 Å². The van der Waals surface area contributed by atoms with E-state index < -0.39 is 23.2 Å². The molecule has 6 rings (SSSR count). The van der Waals surface area contributed by atoms with Crippen molar-refractivity contribution in [2.75, 3.05) is 0 Å². The zero-order chi connectivity index (χ0) is 21.3. The van der Waals surface area contributed by atoms with E-state index >= 15 is 0 Å². The van der Waals surface area contributed by atoms with Gasteiger partial charge in [-0.2, -0.15) is 0 Å². The molecule has 2 aliphatic carbocycles. The van der Waals surface area contributed by atoms with Crippen molar-refractivity contribution < 1.29 is 48.0 Å². The van der Waals surface area contributed by atoms with Crippen molar-refractivity contribution in [1.29, 1.82) is 0 Å².